The average molecular weight is 431 g/mol. The van der Waals surface area contributed by atoms with Crippen molar-refractivity contribution in [1.29, 1.82) is 0 Å². The van der Waals surface area contributed by atoms with Gasteiger partial charge >= 0.3 is 12.1 Å². The lowest BCUT2D eigenvalue weighted by atomic mass is 9.94. The van der Waals surface area contributed by atoms with Crippen molar-refractivity contribution < 1.29 is 24.2 Å². The maximum Gasteiger partial charge on any atom is 0.411 e. The number of hydrogen-bond donors (Lipinski definition) is 1. The molecule has 4 heterocycles. The van der Waals surface area contributed by atoms with Gasteiger partial charge in [0.15, 0.2) is 0 Å². The summed E-state index contributed by atoms with van der Waals surface area (Å²) >= 11 is 0. The van der Waals surface area contributed by atoms with Gasteiger partial charge in [-0.05, 0) is 50.7 Å². The van der Waals surface area contributed by atoms with Crippen molar-refractivity contribution in [2.75, 3.05) is 31.1 Å². The van der Waals surface area contributed by atoms with Crippen molar-refractivity contribution in [1.82, 2.24) is 14.8 Å². The van der Waals surface area contributed by atoms with Crippen molar-refractivity contribution in [3.05, 3.63) is 24.5 Å². The molecular weight excluding hydrogens is 400 g/mol. The largest absolute Gasteiger partial charge is 0.481 e. The normalized spacial score (nSPS) is 27.3. The fraction of sp³-hybridized carbons (Fsp3) is 0.636. The van der Waals surface area contributed by atoms with Crippen molar-refractivity contribution in [3.8, 4) is 0 Å². The molecule has 168 valence electrons. The summed E-state index contributed by atoms with van der Waals surface area (Å²) in [6.07, 6.45) is 5.57. The molecular formula is C22H30N4O5. The van der Waals surface area contributed by atoms with E-state index in [2.05, 4.69) is 9.88 Å². The van der Waals surface area contributed by atoms with Gasteiger partial charge in [0.2, 0.25) is 6.10 Å². The van der Waals surface area contributed by atoms with E-state index in [9.17, 15) is 14.4 Å². The molecule has 1 aromatic rings. The van der Waals surface area contributed by atoms with Gasteiger partial charge in [0, 0.05) is 56.7 Å². The number of carboxylic acid groups (broad SMARTS) is 1. The second-order valence-electron chi connectivity index (χ2n) is 8.77. The Morgan fingerprint density at radius 2 is 1.87 bits per heavy atom. The number of cyclic esters (lactones) is 1. The highest BCUT2D eigenvalue weighted by Gasteiger charge is 2.48. The maximum atomic E-state index is 13.1. The third-order valence-electron chi connectivity index (χ3n) is 6.74. The molecule has 1 aromatic heterocycles. The number of carbonyl (C=O) groups excluding carboxylic acids is 2. The summed E-state index contributed by atoms with van der Waals surface area (Å²) in [5.41, 5.74) is 1.12. The van der Waals surface area contributed by atoms with Crippen LogP contribution in [0.25, 0.3) is 0 Å². The van der Waals surface area contributed by atoms with Gasteiger partial charge in [0.1, 0.15) is 0 Å². The third-order valence-corrected chi connectivity index (χ3v) is 6.74. The minimum atomic E-state index is -0.843. The molecule has 3 fully saturated rings. The van der Waals surface area contributed by atoms with Gasteiger partial charge in [0.25, 0.3) is 5.91 Å². The summed E-state index contributed by atoms with van der Waals surface area (Å²) in [4.78, 5) is 46.6. The topological polar surface area (TPSA) is 103 Å². The number of ether oxygens (including phenoxy) is 1. The van der Waals surface area contributed by atoms with E-state index < -0.39 is 18.2 Å². The lowest BCUT2D eigenvalue weighted by molar-refractivity contribution is -0.144. The number of aliphatic carboxylic acids is 1. The Bertz CT molecular complexity index is 811. The highest BCUT2D eigenvalue weighted by atomic mass is 16.6. The molecule has 1 N–H and O–H groups in total. The highest BCUT2D eigenvalue weighted by molar-refractivity contribution is 5.87. The molecule has 3 atom stereocenters. The summed E-state index contributed by atoms with van der Waals surface area (Å²) in [7, 11) is 0. The van der Waals surface area contributed by atoms with Gasteiger partial charge in [-0.1, -0.05) is 0 Å². The number of carboxylic acids is 1. The number of rotatable bonds is 5. The van der Waals surface area contributed by atoms with Crippen molar-refractivity contribution in [3.63, 3.8) is 0 Å². The number of carbonyl (C=O) groups is 3. The van der Waals surface area contributed by atoms with Crippen molar-refractivity contribution in [2.24, 2.45) is 5.92 Å². The van der Waals surface area contributed by atoms with E-state index in [1.165, 1.54) is 0 Å². The number of aromatic nitrogens is 1. The van der Waals surface area contributed by atoms with Crippen LogP contribution in [0.15, 0.2) is 24.5 Å². The average Bonchev–Trinajstić information content (AvgIpc) is 3.07. The summed E-state index contributed by atoms with van der Waals surface area (Å²) in [5, 5.41) is 9.06. The quantitative estimate of drug-likeness (QED) is 0.762. The molecule has 0 saturated carbocycles. The van der Waals surface area contributed by atoms with E-state index in [1.54, 1.807) is 22.2 Å². The van der Waals surface area contributed by atoms with E-state index in [-0.39, 0.29) is 30.3 Å². The zero-order chi connectivity index (χ0) is 22.0. The van der Waals surface area contributed by atoms with Gasteiger partial charge in [-0.2, -0.15) is 0 Å². The fourth-order valence-corrected chi connectivity index (χ4v) is 5.13. The molecule has 3 unspecified atom stereocenters. The Kier molecular flexibility index (Phi) is 6.29. The van der Waals surface area contributed by atoms with E-state index >= 15 is 0 Å². The standard InChI is InChI=1S/C22H30N4O5/c1-15-20(21(29)25-10-2-3-16(14-25)13-19(27)28)31-22(30)26(15)18-6-11-24(12-7-18)17-4-8-23-9-5-17/h4-5,8-9,15-16,18,20H,2-3,6-7,10-14H2,1H3,(H,27,28). The fourth-order valence-electron chi connectivity index (χ4n) is 5.13. The first-order valence-corrected chi connectivity index (χ1v) is 11.1. The number of pyridine rings is 1. The molecule has 4 rings (SSSR count). The summed E-state index contributed by atoms with van der Waals surface area (Å²) in [5.74, 6) is -1.09. The molecule has 9 heteroatoms. The van der Waals surface area contributed by atoms with E-state index in [0.717, 1.165) is 44.5 Å². The summed E-state index contributed by atoms with van der Waals surface area (Å²) in [6.45, 7) is 4.53. The monoisotopic (exact) mass is 430 g/mol. The smallest absolute Gasteiger partial charge is 0.411 e. The van der Waals surface area contributed by atoms with Crippen LogP contribution in [0.2, 0.25) is 0 Å². The Morgan fingerprint density at radius 3 is 2.55 bits per heavy atom. The Hall–Kier alpha value is -2.84. The van der Waals surface area contributed by atoms with Gasteiger partial charge in [-0.25, -0.2) is 4.79 Å². The molecule has 0 radical (unpaired) electrons. The van der Waals surface area contributed by atoms with Crippen LogP contribution in [0.4, 0.5) is 10.5 Å². The number of hydrogen-bond acceptors (Lipinski definition) is 6. The molecule has 3 aliphatic heterocycles. The molecule has 3 aliphatic rings. The van der Waals surface area contributed by atoms with Crippen LogP contribution in [-0.4, -0.2) is 82.2 Å². The molecule has 31 heavy (non-hydrogen) atoms. The minimum absolute atomic E-state index is 0.0412. The van der Waals surface area contributed by atoms with Gasteiger partial charge in [0.05, 0.1) is 6.04 Å². The first-order valence-electron chi connectivity index (χ1n) is 11.1. The van der Waals surface area contributed by atoms with Crippen LogP contribution in [0.1, 0.15) is 39.0 Å². The van der Waals surface area contributed by atoms with Crippen LogP contribution < -0.4 is 4.90 Å². The lowest BCUT2D eigenvalue weighted by Gasteiger charge is -2.38. The van der Waals surface area contributed by atoms with Crippen LogP contribution in [0.5, 0.6) is 0 Å². The lowest BCUT2D eigenvalue weighted by Crippen LogP contribution is -2.52. The number of anilines is 1. The molecule has 0 bridgehead atoms. The van der Waals surface area contributed by atoms with Crippen LogP contribution in [-0.2, 0) is 14.3 Å². The second kappa shape index (κ2) is 9.11. The van der Waals surface area contributed by atoms with Crippen LogP contribution >= 0.6 is 0 Å². The predicted molar refractivity (Wildman–Crippen MR) is 113 cm³/mol. The van der Waals surface area contributed by atoms with E-state index in [0.29, 0.717) is 13.1 Å². The molecule has 0 aliphatic carbocycles. The molecule has 3 saturated heterocycles. The SMILES string of the molecule is CC1C(C(=O)N2CCCC(CC(=O)O)C2)OC(=O)N1C1CCN(c2ccncc2)CC1. The number of nitrogens with zero attached hydrogens (tertiary/aromatic N) is 4. The Labute approximate surface area is 182 Å². The van der Waals surface area contributed by atoms with Crippen molar-refractivity contribution >= 4 is 23.7 Å². The summed E-state index contributed by atoms with van der Waals surface area (Å²) < 4.78 is 5.54. The first kappa shape index (κ1) is 21.4. The van der Waals surface area contributed by atoms with Gasteiger partial charge < -0.3 is 19.6 Å². The van der Waals surface area contributed by atoms with E-state index in [4.69, 9.17) is 9.84 Å². The Morgan fingerprint density at radius 1 is 1.16 bits per heavy atom. The number of piperidine rings is 2. The first-order chi connectivity index (χ1) is 14.9. The maximum absolute atomic E-state index is 13.1. The molecule has 0 spiro atoms. The Balaban J connectivity index is 1.36. The molecule has 2 amide bonds. The molecule has 0 aromatic carbocycles. The number of amides is 2. The molecule has 9 nitrogen and oxygen atoms in total. The van der Waals surface area contributed by atoms with Crippen molar-refractivity contribution in [2.45, 2.75) is 57.2 Å². The van der Waals surface area contributed by atoms with E-state index in [1.807, 2.05) is 19.1 Å². The number of likely N-dealkylation sites (tertiary alicyclic amines) is 1. The predicted octanol–water partition coefficient (Wildman–Crippen LogP) is 1.97. The van der Waals surface area contributed by atoms with Gasteiger partial charge in [-0.15, -0.1) is 0 Å². The zero-order valence-corrected chi connectivity index (χ0v) is 17.9. The minimum Gasteiger partial charge on any atom is -0.481 e. The van der Waals surface area contributed by atoms with Crippen LogP contribution in [0.3, 0.4) is 0 Å². The van der Waals surface area contributed by atoms with Gasteiger partial charge in [-0.3, -0.25) is 19.5 Å². The summed E-state index contributed by atoms with van der Waals surface area (Å²) in [6, 6.07) is 3.67. The zero-order valence-electron chi connectivity index (χ0n) is 17.9. The van der Waals surface area contributed by atoms with Crippen LogP contribution in [0, 0.1) is 5.92 Å². The third kappa shape index (κ3) is 4.60. The highest BCUT2D eigenvalue weighted by Crippen LogP contribution is 2.30. The second-order valence-corrected chi connectivity index (χ2v) is 8.77.